The molecule has 25 heavy (non-hydrogen) atoms. The number of rotatable bonds is 3. The van der Waals surface area contributed by atoms with Crippen molar-refractivity contribution in [2.45, 2.75) is 0 Å². The van der Waals surface area contributed by atoms with Crippen molar-refractivity contribution in [2.75, 3.05) is 57.5 Å². The van der Waals surface area contributed by atoms with E-state index in [4.69, 9.17) is 9.47 Å². The van der Waals surface area contributed by atoms with Crippen LogP contribution in [-0.4, -0.2) is 63.4 Å². The summed E-state index contributed by atoms with van der Waals surface area (Å²) in [6, 6.07) is 12.4. The molecule has 0 saturated carbocycles. The average molecular weight is 358 g/mol. The summed E-state index contributed by atoms with van der Waals surface area (Å²) in [7, 11) is 0. The molecular weight excluding hydrogens is 336 g/mol. The maximum absolute atomic E-state index is 12.9. The fourth-order valence-corrected chi connectivity index (χ4v) is 4.43. The molecule has 3 heterocycles. The van der Waals surface area contributed by atoms with Crippen LogP contribution in [0.3, 0.4) is 0 Å². The molecule has 0 spiro atoms. The van der Waals surface area contributed by atoms with E-state index in [1.807, 2.05) is 23.1 Å². The van der Waals surface area contributed by atoms with Crippen molar-refractivity contribution in [3.05, 3.63) is 41.3 Å². The van der Waals surface area contributed by atoms with Crippen molar-refractivity contribution >= 4 is 22.2 Å². The predicted molar refractivity (Wildman–Crippen MR) is 99.5 cm³/mol. The third kappa shape index (κ3) is 3.56. The van der Waals surface area contributed by atoms with Gasteiger partial charge >= 0.3 is 0 Å². The van der Waals surface area contributed by atoms with Crippen molar-refractivity contribution in [2.24, 2.45) is 0 Å². The van der Waals surface area contributed by atoms with E-state index in [1.165, 1.54) is 5.00 Å². The van der Waals surface area contributed by atoms with Gasteiger partial charge in [0.1, 0.15) is 0 Å². The van der Waals surface area contributed by atoms with Crippen LogP contribution < -0.4 is 4.90 Å². The third-order valence-corrected chi connectivity index (χ3v) is 5.79. The first-order valence-corrected chi connectivity index (χ1v) is 9.53. The molecule has 0 unspecified atom stereocenters. The lowest BCUT2D eigenvalue weighted by Gasteiger charge is -2.28. The molecule has 2 saturated heterocycles. The minimum Gasteiger partial charge on any atom is -0.378 e. The highest BCUT2D eigenvalue weighted by Crippen LogP contribution is 2.39. The lowest BCUT2D eigenvalue weighted by molar-refractivity contribution is 0.0306. The molecular formula is C19H22N2O3S. The van der Waals surface area contributed by atoms with Crippen molar-refractivity contribution in [1.82, 2.24) is 4.90 Å². The fraction of sp³-hybridized carbons (Fsp3) is 0.421. The van der Waals surface area contributed by atoms with Gasteiger partial charge in [0.15, 0.2) is 0 Å². The number of benzene rings is 1. The zero-order valence-electron chi connectivity index (χ0n) is 14.1. The molecule has 132 valence electrons. The number of carbonyl (C=O) groups excluding carboxylic acids is 1. The summed E-state index contributed by atoms with van der Waals surface area (Å²) in [6.07, 6.45) is 0. The van der Waals surface area contributed by atoms with Gasteiger partial charge in [-0.2, -0.15) is 0 Å². The normalized spacial score (nSPS) is 18.4. The molecule has 1 aromatic heterocycles. The van der Waals surface area contributed by atoms with Gasteiger partial charge in [0.25, 0.3) is 5.91 Å². The monoisotopic (exact) mass is 358 g/mol. The van der Waals surface area contributed by atoms with Crippen LogP contribution in [0.15, 0.2) is 36.4 Å². The summed E-state index contributed by atoms with van der Waals surface area (Å²) in [4.78, 5) is 18.0. The summed E-state index contributed by atoms with van der Waals surface area (Å²) in [5.41, 5.74) is 2.30. The molecule has 0 aliphatic carbocycles. The molecule has 0 atom stereocenters. The SMILES string of the molecule is O=C(c1cc(-c2ccccc2)c(N2CCOCC2)s1)N1CCOCC1. The van der Waals surface area contributed by atoms with Crippen LogP contribution in [0.25, 0.3) is 11.1 Å². The second kappa shape index (κ2) is 7.56. The highest BCUT2D eigenvalue weighted by Gasteiger charge is 2.25. The Labute approximate surface area is 151 Å². The quantitative estimate of drug-likeness (QED) is 0.846. The number of hydrogen-bond donors (Lipinski definition) is 0. The molecule has 1 amide bonds. The van der Waals surface area contributed by atoms with Gasteiger partial charge in [-0.15, -0.1) is 11.3 Å². The van der Waals surface area contributed by atoms with Crippen LogP contribution in [0.4, 0.5) is 5.00 Å². The van der Waals surface area contributed by atoms with Gasteiger partial charge in [0, 0.05) is 31.7 Å². The van der Waals surface area contributed by atoms with Gasteiger partial charge in [0.05, 0.1) is 36.3 Å². The summed E-state index contributed by atoms with van der Waals surface area (Å²) < 4.78 is 10.9. The van der Waals surface area contributed by atoms with E-state index in [9.17, 15) is 4.79 Å². The minimum absolute atomic E-state index is 0.116. The number of thiophene rings is 1. The zero-order valence-corrected chi connectivity index (χ0v) is 15.0. The largest absolute Gasteiger partial charge is 0.378 e. The standard InChI is InChI=1S/C19H22N2O3S/c22-18(20-6-10-23-11-7-20)17-14-16(15-4-2-1-3-5-15)19(25-17)21-8-12-24-13-9-21/h1-5,14H,6-13H2. The topological polar surface area (TPSA) is 42.0 Å². The Morgan fingerprint density at radius 2 is 1.56 bits per heavy atom. The molecule has 2 fully saturated rings. The number of anilines is 1. The van der Waals surface area contributed by atoms with Crippen molar-refractivity contribution in [1.29, 1.82) is 0 Å². The molecule has 0 bridgehead atoms. The molecule has 2 aromatic rings. The first kappa shape index (κ1) is 16.6. The number of carbonyl (C=O) groups is 1. The second-order valence-corrected chi connectivity index (χ2v) is 7.23. The number of morpholine rings is 2. The Morgan fingerprint density at radius 1 is 0.920 bits per heavy atom. The first-order chi connectivity index (χ1) is 12.3. The number of hydrogen-bond acceptors (Lipinski definition) is 5. The van der Waals surface area contributed by atoms with Gasteiger partial charge in [0.2, 0.25) is 0 Å². The summed E-state index contributed by atoms with van der Waals surface area (Å²) in [5, 5.41) is 1.17. The van der Waals surface area contributed by atoms with Crippen molar-refractivity contribution in [3.8, 4) is 11.1 Å². The molecule has 0 radical (unpaired) electrons. The molecule has 0 N–H and O–H groups in total. The van der Waals surface area contributed by atoms with E-state index in [-0.39, 0.29) is 5.91 Å². The Kier molecular flexibility index (Phi) is 5.01. The van der Waals surface area contributed by atoms with Crippen LogP contribution in [0.5, 0.6) is 0 Å². The van der Waals surface area contributed by atoms with Gasteiger partial charge in [-0.1, -0.05) is 30.3 Å². The molecule has 2 aliphatic heterocycles. The number of ether oxygens (including phenoxy) is 2. The molecule has 6 heteroatoms. The van der Waals surface area contributed by atoms with E-state index in [1.54, 1.807) is 11.3 Å². The minimum atomic E-state index is 0.116. The smallest absolute Gasteiger partial charge is 0.264 e. The Bertz CT molecular complexity index is 720. The Morgan fingerprint density at radius 3 is 2.24 bits per heavy atom. The summed E-state index contributed by atoms with van der Waals surface area (Å²) in [6.45, 7) is 5.79. The van der Waals surface area contributed by atoms with Crippen molar-refractivity contribution < 1.29 is 14.3 Å². The average Bonchev–Trinajstić information content (AvgIpc) is 3.15. The fourth-order valence-electron chi connectivity index (χ4n) is 3.23. The first-order valence-electron chi connectivity index (χ1n) is 8.72. The van der Waals surface area contributed by atoms with Crippen LogP contribution in [-0.2, 0) is 9.47 Å². The number of nitrogens with zero attached hydrogens (tertiary/aromatic N) is 2. The van der Waals surface area contributed by atoms with Crippen LogP contribution in [0, 0.1) is 0 Å². The van der Waals surface area contributed by atoms with Crippen LogP contribution in [0.2, 0.25) is 0 Å². The van der Waals surface area contributed by atoms with Crippen molar-refractivity contribution in [3.63, 3.8) is 0 Å². The molecule has 2 aliphatic rings. The molecule has 1 aromatic carbocycles. The molecule has 4 rings (SSSR count). The summed E-state index contributed by atoms with van der Waals surface area (Å²) in [5.74, 6) is 0.116. The van der Waals surface area contributed by atoms with E-state index >= 15 is 0 Å². The predicted octanol–water partition coefficient (Wildman–Crippen LogP) is 2.72. The second-order valence-electron chi connectivity index (χ2n) is 6.20. The lowest BCUT2D eigenvalue weighted by Crippen LogP contribution is -2.40. The van der Waals surface area contributed by atoms with Gasteiger partial charge < -0.3 is 19.3 Å². The highest BCUT2D eigenvalue weighted by atomic mass is 32.1. The van der Waals surface area contributed by atoms with Gasteiger partial charge in [-0.05, 0) is 11.6 Å². The maximum atomic E-state index is 12.9. The Balaban J connectivity index is 1.68. The van der Waals surface area contributed by atoms with Crippen LogP contribution in [0.1, 0.15) is 9.67 Å². The van der Waals surface area contributed by atoms with E-state index in [2.05, 4.69) is 23.1 Å². The third-order valence-electron chi connectivity index (χ3n) is 4.60. The highest BCUT2D eigenvalue weighted by molar-refractivity contribution is 7.18. The number of amides is 1. The lowest BCUT2D eigenvalue weighted by atomic mass is 10.1. The van der Waals surface area contributed by atoms with E-state index < -0.39 is 0 Å². The summed E-state index contributed by atoms with van der Waals surface area (Å²) >= 11 is 1.60. The van der Waals surface area contributed by atoms with Gasteiger partial charge in [-0.3, -0.25) is 4.79 Å². The van der Waals surface area contributed by atoms with E-state index in [0.717, 1.165) is 42.3 Å². The maximum Gasteiger partial charge on any atom is 0.264 e. The van der Waals surface area contributed by atoms with Gasteiger partial charge in [-0.25, -0.2) is 0 Å². The van der Waals surface area contributed by atoms with Crippen LogP contribution >= 0.6 is 11.3 Å². The van der Waals surface area contributed by atoms with E-state index in [0.29, 0.717) is 26.3 Å². The Hall–Kier alpha value is -1.89. The zero-order chi connectivity index (χ0) is 17.1. The molecule has 5 nitrogen and oxygen atoms in total.